The number of nitrogens with zero attached hydrogens (tertiary/aromatic N) is 3. The Morgan fingerprint density at radius 3 is 2.23 bits per heavy atom. The van der Waals surface area contributed by atoms with Gasteiger partial charge in [-0.15, -0.1) is 0 Å². The fraction of sp³-hybridized carbons (Fsp3) is 0.343. The fourth-order valence-corrected chi connectivity index (χ4v) is 5.44. The van der Waals surface area contributed by atoms with Crippen LogP contribution < -0.4 is 20.8 Å². The molecule has 1 aromatic heterocycles. The first-order chi connectivity index (χ1) is 20.7. The van der Waals surface area contributed by atoms with E-state index >= 15 is 0 Å². The number of rotatable bonds is 12. The molecule has 0 radical (unpaired) electrons. The lowest BCUT2D eigenvalue weighted by Gasteiger charge is -2.36. The fourth-order valence-electron chi connectivity index (χ4n) is 5.44. The summed E-state index contributed by atoms with van der Waals surface area (Å²) in [4.78, 5) is 35.6. The second kappa shape index (κ2) is 14.2. The van der Waals surface area contributed by atoms with Crippen molar-refractivity contribution >= 4 is 5.91 Å². The molecule has 4 aromatic rings. The molecule has 226 valence electrons. The largest absolute Gasteiger partial charge is 0.493 e. The molecule has 0 spiro atoms. The minimum atomic E-state index is -0.477. The van der Waals surface area contributed by atoms with E-state index < -0.39 is 6.04 Å². The summed E-state index contributed by atoms with van der Waals surface area (Å²) in [5, 5.41) is 0. The quantitative estimate of drug-likeness (QED) is 0.227. The van der Waals surface area contributed by atoms with Crippen LogP contribution in [0.2, 0.25) is 0 Å². The number of amides is 1. The summed E-state index contributed by atoms with van der Waals surface area (Å²) in [5.74, 6) is 1.47. The zero-order chi connectivity index (χ0) is 31.1. The molecule has 0 aliphatic rings. The van der Waals surface area contributed by atoms with Gasteiger partial charge < -0.3 is 20.1 Å². The Morgan fingerprint density at radius 1 is 0.953 bits per heavy atom. The molecule has 4 rings (SSSR count). The number of carbonyl (C=O) groups is 1. The lowest BCUT2D eigenvalue weighted by molar-refractivity contribution is 0.0602. The van der Waals surface area contributed by atoms with Gasteiger partial charge in [0.05, 0.1) is 38.1 Å². The van der Waals surface area contributed by atoms with Crippen molar-refractivity contribution in [3.8, 4) is 22.6 Å². The van der Waals surface area contributed by atoms with Gasteiger partial charge in [-0.05, 0) is 68.1 Å². The standard InChI is InChI=1S/C35H42N4O4/c1-23(2)32(38(20-10-19-36)34(40)27-15-13-24(3)14-16-27)33-37-25(4)31(28-17-18-29(42-5)30(21-28)43-6)35(41)39(33)22-26-11-8-7-9-12-26/h7-9,11-18,21,23,32H,10,19-20,22,36H2,1-6H3. The van der Waals surface area contributed by atoms with E-state index in [-0.39, 0.29) is 17.4 Å². The first-order valence-corrected chi connectivity index (χ1v) is 14.7. The minimum absolute atomic E-state index is 0.0487. The van der Waals surface area contributed by atoms with E-state index in [2.05, 4.69) is 13.8 Å². The molecule has 3 aromatic carbocycles. The van der Waals surface area contributed by atoms with Crippen LogP contribution in [0, 0.1) is 19.8 Å². The third-order valence-electron chi connectivity index (χ3n) is 7.63. The van der Waals surface area contributed by atoms with E-state index in [1.54, 1.807) is 30.9 Å². The summed E-state index contributed by atoms with van der Waals surface area (Å²) in [6.45, 7) is 9.11. The molecule has 0 aliphatic carbocycles. The second-order valence-electron chi connectivity index (χ2n) is 11.1. The summed E-state index contributed by atoms with van der Waals surface area (Å²) in [6.07, 6.45) is 0.618. The average Bonchev–Trinajstić information content (AvgIpc) is 3.01. The molecule has 1 heterocycles. The number of hydrogen-bond donors (Lipinski definition) is 1. The van der Waals surface area contributed by atoms with Gasteiger partial charge in [0.2, 0.25) is 0 Å². The van der Waals surface area contributed by atoms with Crippen LogP contribution >= 0.6 is 0 Å². The third-order valence-corrected chi connectivity index (χ3v) is 7.63. The van der Waals surface area contributed by atoms with E-state index in [0.29, 0.717) is 65.8 Å². The minimum Gasteiger partial charge on any atom is -0.493 e. The number of aromatic nitrogens is 2. The Bertz CT molecular complexity index is 1600. The highest BCUT2D eigenvalue weighted by molar-refractivity contribution is 5.94. The zero-order valence-corrected chi connectivity index (χ0v) is 26.0. The molecule has 0 aliphatic heterocycles. The van der Waals surface area contributed by atoms with E-state index in [1.165, 1.54) is 0 Å². The number of ether oxygens (including phenoxy) is 2. The van der Waals surface area contributed by atoms with Gasteiger partial charge in [0.15, 0.2) is 11.5 Å². The first-order valence-electron chi connectivity index (χ1n) is 14.7. The molecule has 0 saturated carbocycles. The maximum Gasteiger partial charge on any atom is 0.262 e. The molecule has 43 heavy (non-hydrogen) atoms. The smallest absolute Gasteiger partial charge is 0.262 e. The summed E-state index contributed by atoms with van der Waals surface area (Å²) in [6, 6.07) is 22.3. The van der Waals surface area contributed by atoms with Crippen molar-refractivity contribution in [3.63, 3.8) is 0 Å². The van der Waals surface area contributed by atoms with E-state index in [9.17, 15) is 9.59 Å². The highest BCUT2D eigenvalue weighted by Gasteiger charge is 2.33. The molecule has 2 N–H and O–H groups in total. The van der Waals surface area contributed by atoms with Gasteiger partial charge in [0.1, 0.15) is 5.82 Å². The molecule has 0 fully saturated rings. The molecule has 1 atom stereocenters. The van der Waals surface area contributed by atoms with Crippen LogP contribution in [-0.2, 0) is 6.54 Å². The summed E-state index contributed by atoms with van der Waals surface area (Å²) < 4.78 is 12.7. The van der Waals surface area contributed by atoms with Crippen molar-refractivity contribution in [3.05, 3.63) is 111 Å². The van der Waals surface area contributed by atoms with Crippen LogP contribution in [0.3, 0.4) is 0 Å². The lowest BCUT2D eigenvalue weighted by atomic mass is 9.97. The number of nitrogens with two attached hydrogens (primary N) is 1. The maximum atomic E-state index is 14.5. The van der Waals surface area contributed by atoms with Crippen molar-refractivity contribution in [1.29, 1.82) is 0 Å². The molecular weight excluding hydrogens is 540 g/mol. The first kappa shape index (κ1) is 31.5. The van der Waals surface area contributed by atoms with Crippen molar-refractivity contribution in [2.24, 2.45) is 11.7 Å². The van der Waals surface area contributed by atoms with Crippen molar-refractivity contribution in [1.82, 2.24) is 14.5 Å². The lowest BCUT2D eigenvalue weighted by Crippen LogP contribution is -2.42. The van der Waals surface area contributed by atoms with Crippen LogP contribution in [0.1, 0.15) is 59.3 Å². The van der Waals surface area contributed by atoms with Gasteiger partial charge in [-0.2, -0.15) is 0 Å². The van der Waals surface area contributed by atoms with Gasteiger partial charge in [-0.25, -0.2) is 4.98 Å². The molecule has 0 saturated heterocycles. The monoisotopic (exact) mass is 582 g/mol. The summed E-state index contributed by atoms with van der Waals surface area (Å²) in [7, 11) is 3.14. The predicted molar refractivity (Wildman–Crippen MR) is 171 cm³/mol. The van der Waals surface area contributed by atoms with Crippen LogP contribution in [-0.4, -0.2) is 47.7 Å². The van der Waals surface area contributed by atoms with E-state index in [0.717, 1.165) is 11.1 Å². The molecule has 1 amide bonds. The van der Waals surface area contributed by atoms with E-state index in [1.807, 2.05) is 79.4 Å². The van der Waals surface area contributed by atoms with Crippen molar-refractivity contribution in [2.45, 2.75) is 46.7 Å². The van der Waals surface area contributed by atoms with Crippen LogP contribution in [0.4, 0.5) is 0 Å². The van der Waals surface area contributed by atoms with Gasteiger partial charge >= 0.3 is 0 Å². The van der Waals surface area contributed by atoms with Gasteiger partial charge in [-0.1, -0.05) is 67.9 Å². The number of benzene rings is 3. The molecular formula is C35H42N4O4. The summed E-state index contributed by atoms with van der Waals surface area (Å²) >= 11 is 0. The maximum absolute atomic E-state index is 14.5. The average molecular weight is 583 g/mol. The Hall–Kier alpha value is -4.43. The SMILES string of the molecule is COc1ccc(-c2c(C)nc(C(C(C)C)N(CCCN)C(=O)c3ccc(C)cc3)n(Cc3ccccc3)c2=O)cc1OC. The van der Waals surface area contributed by atoms with Crippen molar-refractivity contribution < 1.29 is 14.3 Å². The topological polar surface area (TPSA) is 99.7 Å². The van der Waals surface area contributed by atoms with E-state index in [4.69, 9.17) is 20.2 Å². The Morgan fingerprint density at radius 2 is 1.63 bits per heavy atom. The van der Waals surface area contributed by atoms with Gasteiger partial charge in [-0.3, -0.25) is 14.2 Å². The van der Waals surface area contributed by atoms with Crippen molar-refractivity contribution in [2.75, 3.05) is 27.3 Å². The Balaban J connectivity index is 1.95. The predicted octanol–water partition coefficient (Wildman–Crippen LogP) is 5.78. The number of carbonyl (C=O) groups excluding carboxylic acids is 1. The van der Waals surface area contributed by atoms with Crippen LogP contribution in [0.15, 0.2) is 77.6 Å². The Kier molecular flexibility index (Phi) is 10.4. The summed E-state index contributed by atoms with van der Waals surface area (Å²) in [5.41, 5.74) is 10.1. The second-order valence-corrected chi connectivity index (χ2v) is 11.1. The molecule has 0 bridgehead atoms. The third kappa shape index (κ3) is 6.97. The number of methoxy groups -OCH3 is 2. The normalized spacial score (nSPS) is 11.8. The van der Waals surface area contributed by atoms with Gasteiger partial charge in [0.25, 0.3) is 11.5 Å². The van der Waals surface area contributed by atoms with Crippen LogP contribution in [0.25, 0.3) is 11.1 Å². The highest BCUT2D eigenvalue weighted by Crippen LogP contribution is 2.34. The highest BCUT2D eigenvalue weighted by atomic mass is 16.5. The molecule has 8 heteroatoms. The van der Waals surface area contributed by atoms with Crippen LogP contribution in [0.5, 0.6) is 11.5 Å². The Labute approximate surface area is 254 Å². The molecule has 8 nitrogen and oxygen atoms in total. The number of aryl methyl sites for hydroxylation is 2. The van der Waals surface area contributed by atoms with Gasteiger partial charge in [0, 0.05) is 12.1 Å². The zero-order valence-electron chi connectivity index (χ0n) is 26.0. The number of hydrogen-bond acceptors (Lipinski definition) is 6. The molecule has 1 unspecified atom stereocenters.